The smallest absolute Gasteiger partial charge is 0.220 e. The van der Waals surface area contributed by atoms with Crippen molar-refractivity contribution in [3.05, 3.63) is 0 Å². The quantitative estimate of drug-likeness (QED) is 0.734. The SMILES string of the molecule is CS(=O)(=O)CCN1C[C@H](NC(=O)CC2CCCC2)[C@@H](C2CC2)C1.Cl. The number of hydrogen-bond acceptors (Lipinski definition) is 4. The van der Waals surface area contributed by atoms with E-state index < -0.39 is 9.84 Å². The highest BCUT2D eigenvalue weighted by Crippen LogP contribution is 2.41. The van der Waals surface area contributed by atoms with Crippen molar-refractivity contribution in [2.24, 2.45) is 17.8 Å². The van der Waals surface area contributed by atoms with Gasteiger partial charge in [-0.25, -0.2) is 8.42 Å². The first kappa shape index (κ1) is 20.0. The van der Waals surface area contributed by atoms with Gasteiger partial charge in [-0.15, -0.1) is 12.4 Å². The summed E-state index contributed by atoms with van der Waals surface area (Å²) in [5.41, 5.74) is 0. The van der Waals surface area contributed by atoms with Crippen molar-refractivity contribution in [2.45, 2.75) is 51.0 Å². The average Bonchev–Trinajstić information content (AvgIpc) is 3.03. The second kappa shape index (κ2) is 8.37. The summed E-state index contributed by atoms with van der Waals surface area (Å²) in [6, 6.07) is 0.218. The molecule has 2 aliphatic carbocycles. The molecule has 1 aliphatic heterocycles. The Morgan fingerprint density at radius 2 is 1.79 bits per heavy atom. The molecule has 0 unspecified atom stereocenters. The van der Waals surface area contributed by atoms with Gasteiger partial charge >= 0.3 is 0 Å². The summed E-state index contributed by atoms with van der Waals surface area (Å²) in [6.45, 7) is 2.35. The Labute approximate surface area is 152 Å². The van der Waals surface area contributed by atoms with Crippen LogP contribution in [-0.4, -0.2) is 56.9 Å². The monoisotopic (exact) mass is 378 g/mol. The van der Waals surface area contributed by atoms with Crippen LogP contribution in [0.15, 0.2) is 0 Å². The predicted molar refractivity (Wildman–Crippen MR) is 98.1 cm³/mol. The molecule has 3 rings (SSSR count). The zero-order valence-corrected chi connectivity index (χ0v) is 16.2. The molecule has 7 heteroatoms. The summed E-state index contributed by atoms with van der Waals surface area (Å²) in [6.07, 6.45) is 9.44. The molecule has 0 aromatic carbocycles. The Kier molecular flexibility index (Phi) is 6.97. The summed E-state index contributed by atoms with van der Waals surface area (Å²) in [4.78, 5) is 14.6. The Morgan fingerprint density at radius 3 is 2.38 bits per heavy atom. The molecule has 1 saturated heterocycles. The number of likely N-dealkylation sites (tertiary alicyclic amines) is 1. The predicted octanol–water partition coefficient (Wildman–Crippen LogP) is 1.86. The molecular formula is C17H31ClN2O3S. The fraction of sp³-hybridized carbons (Fsp3) is 0.941. The van der Waals surface area contributed by atoms with Crippen molar-refractivity contribution >= 4 is 28.2 Å². The zero-order chi connectivity index (χ0) is 16.4. The first-order chi connectivity index (χ1) is 10.9. The van der Waals surface area contributed by atoms with Gasteiger partial charge in [-0.3, -0.25) is 9.69 Å². The lowest BCUT2D eigenvalue weighted by molar-refractivity contribution is -0.122. The van der Waals surface area contributed by atoms with E-state index in [1.165, 1.54) is 44.8 Å². The van der Waals surface area contributed by atoms with E-state index in [-0.39, 0.29) is 30.1 Å². The van der Waals surface area contributed by atoms with E-state index in [1.807, 2.05) is 0 Å². The lowest BCUT2D eigenvalue weighted by atomic mass is 9.97. The van der Waals surface area contributed by atoms with Crippen molar-refractivity contribution in [3.8, 4) is 0 Å². The van der Waals surface area contributed by atoms with Crippen LogP contribution in [0.25, 0.3) is 0 Å². The van der Waals surface area contributed by atoms with Crippen LogP contribution in [-0.2, 0) is 14.6 Å². The van der Waals surface area contributed by atoms with Crippen LogP contribution in [0.1, 0.15) is 44.9 Å². The number of carbonyl (C=O) groups excluding carboxylic acids is 1. The fourth-order valence-electron chi connectivity index (χ4n) is 4.29. The number of nitrogens with zero attached hydrogens (tertiary/aromatic N) is 1. The number of halogens is 1. The van der Waals surface area contributed by atoms with Crippen molar-refractivity contribution in [3.63, 3.8) is 0 Å². The van der Waals surface area contributed by atoms with E-state index in [0.29, 0.717) is 24.8 Å². The molecule has 5 nitrogen and oxygen atoms in total. The van der Waals surface area contributed by atoms with Crippen LogP contribution in [0.2, 0.25) is 0 Å². The number of sulfone groups is 1. The second-order valence-electron chi connectivity index (χ2n) is 7.92. The summed E-state index contributed by atoms with van der Waals surface area (Å²) < 4.78 is 22.7. The third-order valence-corrected chi connectivity index (χ3v) is 6.67. The van der Waals surface area contributed by atoms with Gasteiger partial charge in [0.25, 0.3) is 0 Å². The molecule has 0 spiro atoms. The Bertz CT molecular complexity index is 530. The standard InChI is InChI=1S/C17H30N2O3S.ClH/c1-23(21,22)9-8-19-11-15(14-6-7-14)16(12-19)18-17(20)10-13-4-2-3-5-13;/h13-16H,2-12H2,1H3,(H,18,20);1H/t15-,16+;/m1./s1. The maximum Gasteiger partial charge on any atom is 0.220 e. The molecule has 140 valence electrons. The molecule has 0 bridgehead atoms. The largest absolute Gasteiger partial charge is 0.352 e. The molecule has 2 atom stereocenters. The highest BCUT2D eigenvalue weighted by Gasteiger charge is 2.43. The van der Waals surface area contributed by atoms with Crippen molar-refractivity contribution in [1.29, 1.82) is 0 Å². The third kappa shape index (κ3) is 5.88. The number of rotatable bonds is 7. The first-order valence-corrected chi connectivity index (χ1v) is 11.2. The zero-order valence-electron chi connectivity index (χ0n) is 14.6. The van der Waals surface area contributed by atoms with Gasteiger partial charge in [0.15, 0.2) is 0 Å². The van der Waals surface area contributed by atoms with E-state index in [2.05, 4.69) is 10.2 Å². The van der Waals surface area contributed by atoms with Crippen LogP contribution in [0.3, 0.4) is 0 Å². The summed E-state index contributed by atoms with van der Waals surface area (Å²) in [5.74, 6) is 2.25. The summed E-state index contributed by atoms with van der Waals surface area (Å²) in [5, 5.41) is 3.27. The van der Waals surface area contributed by atoms with Gasteiger partial charge in [-0.1, -0.05) is 12.8 Å². The van der Waals surface area contributed by atoms with Crippen LogP contribution in [0.5, 0.6) is 0 Å². The second-order valence-corrected chi connectivity index (χ2v) is 10.2. The Balaban J connectivity index is 0.00000208. The van der Waals surface area contributed by atoms with Crippen molar-refractivity contribution < 1.29 is 13.2 Å². The molecular weight excluding hydrogens is 348 g/mol. The number of hydrogen-bond donors (Lipinski definition) is 1. The fourth-order valence-corrected chi connectivity index (χ4v) is 4.88. The average molecular weight is 379 g/mol. The van der Waals surface area contributed by atoms with Crippen LogP contribution in [0.4, 0.5) is 0 Å². The summed E-state index contributed by atoms with van der Waals surface area (Å²) >= 11 is 0. The summed E-state index contributed by atoms with van der Waals surface area (Å²) in [7, 11) is -2.92. The van der Waals surface area contributed by atoms with E-state index >= 15 is 0 Å². The maximum atomic E-state index is 12.3. The maximum absolute atomic E-state index is 12.3. The highest BCUT2D eigenvalue weighted by molar-refractivity contribution is 7.90. The van der Waals surface area contributed by atoms with Crippen molar-refractivity contribution in [2.75, 3.05) is 31.6 Å². The van der Waals surface area contributed by atoms with Gasteiger partial charge in [0, 0.05) is 38.4 Å². The normalized spacial score (nSPS) is 28.7. The molecule has 2 saturated carbocycles. The van der Waals surface area contributed by atoms with Crippen LogP contribution >= 0.6 is 12.4 Å². The minimum absolute atomic E-state index is 0. The molecule has 0 radical (unpaired) electrons. The van der Waals surface area contributed by atoms with E-state index in [0.717, 1.165) is 19.0 Å². The Hall–Kier alpha value is -0.330. The number of nitrogens with one attached hydrogen (secondary N) is 1. The molecule has 1 N–H and O–H groups in total. The lowest BCUT2D eigenvalue weighted by Crippen LogP contribution is -2.41. The van der Waals surface area contributed by atoms with E-state index in [9.17, 15) is 13.2 Å². The van der Waals surface area contributed by atoms with Gasteiger partial charge in [0.1, 0.15) is 9.84 Å². The van der Waals surface area contributed by atoms with Crippen LogP contribution in [0, 0.1) is 17.8 Å². The number of carbonyl (C=O) groups is 1. The van der Waals surface area contributed by atoms with E-state index in [4.69, 9.17) is 0 Å². The minimum atomic E-state index is -2.92. The number of amides is 1. The molecule has 1 amide bonds. The molecule has 0 aromatic heterocycles. The van der Waals surface area contributed by atoms with E-state index in [1.54, 1.807) is 0 Å². The third-order valence-electron chi connectivity index (χ3n) is 5.74. The topological polar surface area (TPSA) is 66.5 Å². The van der Waals surface area contributed by atoms with Gasteiger partial charge in [-0.05, 0) is 43.4 Å². The van der Waals surface area contributed by atoms with Gasteiger partial charge in [0.05, 0.1) is 5.75 Å². The molecule has 0 aromatic rings. The van der Waals surface area contributed by atoms with Gasteiger partial charge in [0.2, 0.25) is 5.91 Å². The molecule has 3 aliphatic rings. The minimum Gasteiger partial charge on any atom is -0.352 e. The first-order valence-electron chi connectivity index (χ1n) is 9.10. The molecule has 1 heterocycles. The molecule has 3 fully saturated rings. The molecule has 24 heavy (non-hydrogen) atoms. The van der Waals surface area contributed by atoms with Crippen molar-refractivity contribution in [1.82, 2.24) is 10.2 Å². The lowest BCUT2D eigenvalue weighted by Gasteiger charge is -2.20. The Morgan fingerprint density at radius 1 is 1.12 bits per heavy atom. The van der Waals surface area contributed by atoms with Crippen LogP contribution < -0.4 is 5.32 Å². The van der Waals surface area contributed by atoms with Gasteiger partial charge in [-0.2, -0.15) is 0 Å². The highest BCUT2D eigenvalue weighted by atomic mass is 35.5. The van der Waals surface area contributed by atoms with Gasteiger partial charge < -0.3 is 5.32 Å².